The van der Waals surface area contributed by atoms with E-state index in [0.717, 1.165) is 21.5 Å². The molecule has 6 heteroatoms. The van der Waals surface area contributed by atoms with Crippen molar-refractivity contribution >= 4 is 29.1 Å². The molecule has 0 saturated carbocycles. The number of phenolic OH excluding ortho intramolecular Hbond substituents is 1. The molecule has 0 spiro atoms. The first-order chi connectivity index (χ1) is 14.8. The summed E-state index contributed by atoms with van der Waals surface area (Å²) < 4.78 is 18.6. The third kappa shape index (κ3) is 3.59. The molecule has 0 heterocycles. The summed E-state index contributed by atoms with van der Waals surface area (Å²) in [5.74, 6) is 0.409. The lowest BCUT2D eigenvalue weighted by molar-refractivity contribution is 0.109. The van der Waals surface area contributed by atoms with Crippen LogP contribution in [0.4, 0.5) is 0 Å². The van der Waals surface area contributed by atoms with E-state index in [0.29, 0.717) is 16.9 Å². The molecule has 4 aromatic rings. The predicted molar refractivity (Wildman–Crippen MR) is 125 cm³/mol. The second kappa shape index (κ2) is 8.01. The zero-order valence-electron chi connectivity index (χ0n) is 17.4. The zero-order chi connectivity index (χ0) is 22.2. The second-order valence-corrected chi connectivity index (χ2v) is 9.54. The average molecular weight is 436 g/mol. The monoisotopic (exact) mass is 436 g/mol. The van der Waals surface area contributed by atoms with Crippen LogP contribution in [0.3, 0.4) is 0 Å². The van der Waals surface area contributed by atoms with Crippen LogP contribution in [-0.4, -0.2) is 20.2 Å². The van der Waals surface area contributed by atoms with Gasteiger partial charge in [0.15, 0.2) is 0 Å². The highest BCUT2D eigenvalue weighted by atomic mass is 31.2. The Hall–Kier alpha value is -2.85. The third-order valence-corrected chi connectivity index (χ3v) is 7.77. The quantitative estimate of drug-likeness (QED) is 0.303. The molecular formula is C25H25O5P. The molecule has 0 aliphatic rings. The van der Waals surface area contributed by atoms with Gasteiger partial charge in [-0.15, -0.1) is 0 Å². The number of fused-ring (bicyclic) bond motifs is 2. The summed E-state index contributed by atoms with van der Waals surface area (Å²) in [4.78, 5) is 20.3. The van der Waals surface area contributed by atoms with Gasteiger partial charge in [-0.05, 0) is 46.5 Å². The van der Waals surface area contributed by atoms with Crippen LogP contribution in [0.15, 0.2) is 72.8 Å². The number of hydrogen-bond donors (Lipinski definition) is 3. The van der Waals surface area contributed by atoms with Gasteiger partial charge in [-0.1, -0.05) is 74.5 Å². The van der Waals surface area contributed by atoms with Crippen molar-refractivity contribution in [3.8, 4) is 22.6 Å². The third-order valence-electron chi connectivity index (χ3n) is 5.98. The highest BCUT2D eigenvalue weighted by Crippen LogP contribution is 2.56. The Balaban J connectivity index is 2.09. The van der Waals surface area contributed by atoms with E-state index in [1.165, 1.54) is 0 Å². The molecule has 0 atom stereocenters. The van der Waals surface area contributed by atoms with Gasteiger partial charge in [0.25, 0.3) is 0 Å². The van der Waals surface area contributed by atoms with Crippen LogP contribution < -0.4 is 4.74 Å². The van der Waals surface area contributed by atoms with E-state index in [-0.39, 0.29) is 18.6 Å². The summed E-state index contributed by atoms with van der Waals surface area (Å²) in [6.45, 7) is 3.41. The molecule has 0 radical (unpaired) electrons. The van der Waals surface area contributed by atoms with E-state index >= 15 is 0 Å². The summed E-state index contributed by atoms with van der Waals surface area (Å²) in [5.41, 5.74) is 1.20. The maximum absolute atomic E-state index is 12.4. The fourth-order valence-electron chi connectivity index (χ4n) is 4.19. The molecule has 5 nitrogen and oxygen atoms in total. The van der Waals surface area contributed by atoms with Crippen LogP contribution in [0.5, 0.6) is 11.5 Å². The molecule has 160 valence electrons. The Morgan fingerprint density at radius 2 is 1.29 bits per heavy atom. The number of rotatable bonds is 6. The molecular weight excluding hydrogens is 411 g/mol. The van der Waals surface area contributed by atoms with Crippen LogP contribution >= 0.6 is 7.60 Å². The second-order valence-electron chi connectivity index (χ2n) is 7.64. The molecule has 31 heavy (non-hydrogen) atoms. The standard InChI is InChI=1S/C25H25O5P/c1-3-25(4-2,31(27,28)29)30-22-16-14-18-10-6-8-12-20(18)24(22)23-19-11-7-5-9-17(19)13-15-21(23)26/h5-16,26H,3-4H2,1-2H3,(H2,27,28,29). The summed E-state index contributed by atoms with van der Waals surface area (Å²) in [6.07, 6.45) is 0.281. The van der Waals surface area contributed by atoms with Gasteiger partial charge in [-0.3, -0.25) is 4.57 Å². The van der Waals surface area contributed by atoms with E-state index in [9.17, 15) is 19.5 Å². The zero-order valence-corrected chi connectivity index (χ0v) is 18.3. The van der Waals surface area contributed by atoms with Crippen molar-refractivity contribution in [1.29, 1.82) is 0 Å². The number of benzene rings is 4. The normalized spacial score (nSPS) is 12.4. The summed E-state index contributed by atoms with van der Waals surface area (Å²) in [5, 5.41) is 12.8. The van der Waals surface area contributed by atoms with E-state index in [2.05, 4.69) is 0 Å². The lowest BCUT2D eigenvalue weighted by atomic mass is 9.92. The maximum atomic E-state index is 12.4. The van der Waals surface area contributed by atoms with Crippen molar-refractivity contribution in [2.45, 2.75) is 32.0 Å². The first-order valence-electron chi connectivity index (χ1n) is 10.3. The molecule has 3 N–H and O–H groups in total. The molecule has 0 aromatic heterocycles. The van der Waals surface area contributed by atoms with Crippen molar-refractivity contribution in [2.24, 2.45) is 0 Å². The lowest BCUT2D eigenvalue weighted by Crippen LogP contribution is -2.34. The summed E-state index contributed by atoms with van der Waals surface area (Å²) in [6, 6.07) is 22.5. The van der Waals surface area contributed by atoms with Gasteiger partial charge in [0.05, 0.1) is 0 Å². The Morgan fingerprint density at radius 3 is 1.84 bits per heavy atom. The lowest BCUT2D eigenvalue weighted by Gasteiger charge is -2.34. The van der Waals surface area contributed by atoms with Crippen LogP contribution in [0.25, 0.3) is 32.7 Å². The van der Waals surface area contributed by atoms with E-state index in [4.69, 9.17) is 4.74 Å². The van der Waals surface area contributed by atoms with E-state index in [1.54, 1.807) is 26.0 Å². The molecule has 0 unspecified atom stereocenters. The average Bonchev–Trinajstić information content (AvgIpc) is 2.77. The number of aromatic hydroxyl groups is 1. The first kappa shape index (κ1) is 21.4. The molecule has 0 aliphatic heterocycles. The minimum absolute atomic E-state index is 0.0784. The minimum atomic E-state index is -4.59. The molecule has 0 bridgehead atoms. The van der Waals surface area contributed by atoms with Gasteiger partial charge in [0, 0.05) is 11.1 Å². The van der Waals surface area contributed by atoms with Gasteiger partial charge in [0.2, 0.25) is 5.34 Å². The smallest absolute Gasteiger partial charge is 0.368 e. The molecule has 0 fully saturated rings. The fourth-order valence-corrected chi connectivity index (χ4v) is 5.23. The van der Waals surface area contributed by atoms with E-state index < -0.39 is 12.9 Å². The van der Waals surface area contributed by atoms with Crippen molar-refractivity contribution in [3.63, 3.8) is 0 Å². The Bertz CT molecular complexity index is 1300. The Kier molecular flexibility index (Phi) is 5.52. The molecule has 4 rings (SSSR count). The Morgan fingerprint density at radius 1 is 0.774 bits per heavy atom. The van der Waals surface area contributed by atoms with Crippen LogP contribution in [0.1, 0.15) is 26.7 Å². The first-order valence-corrected chi connectivity index (χ1v) is 11.9. The predicted octanol–water partition coefficient (Wildman–Crippen LogP) is 6.44. The van der Waals surface area contributed by atoms with Crippen molar-refractivity contribution < 1.29 is 24.2 Å². The molecule has 0 saturated heterocycles. The van der Waals surface area contributed by atoms with Gasteiger partial charge in [0.1, 0.15) is 11.5 Å². The molecule has 4 aromatic carbocycles. The van der Waals surface area contributed by atoms with Gasteiger partial charge >= 0.3 is 7.60 Å². The number of ether oxygens (including phenoxy) is 1. The number of phenols is 1. The van der Waals surface area contributed by atoms with Crippen LogP contribution in [0, 0.1) is 0 Å². The summed E-state index contributed by atoms with van der Waals surface area (Å²) >= 11 is 0. The van der Waals surface area contributed by atoms with E-state index in [1.807, 2.05) is 60.7 Å². The van der Waals surface area contributed by atoms with Crippen molar-refractivity contribution in [3.05, 3.63) is 72.8 Å². The van der Waals surface area contributed by atoms with Crippen molar-refractivity contribution in [1.82, 2.24) is 0 Å². The van der Waals surface area contributed by atoms with Gasteiger partial charge in [-0.25, -0.2) is 0 Å². The van der Waals surface area contributed by atoms with Crippen LogP contribution in [0.2, 0.25) is 0 Å². The topological polar surface area (TPSA) is 87.0 Å². The largest absolute Gasteiger partial charge is 0.507 e. The fraction of sp³-hybridized carbons (Fsp3) is 0.200. The summed E-state index contributed by atoms with van der Waals surface area (Å²) in [7, 11) is -4.59. The SMILES string of the molecule is CCC(CC)(Oc1ccc2ccccc2c1-c1c(O)ccc2ccccc12)P(=O)(O)O. The Labute approximate surface area is 181 Å². The molecule has 0 aliphatic carbocycles. The van der Waals surface area contributed by atoms with Gasteiger partial charge in [-0.2, -0.15) is 0 Å². The van der Waals surface area contributed by atoms with Crippen LogP contribution in [-0.2, 0) is 4.57 Å². The van der Waals surface area contributed by atoms with Crippen molar-refractivity contribution in [2.75, 3.05) is 0 Å². The highest BCUT2D eigenvalue weighted by Gasteiger charge is 2.47. The maximum Gasteiger partial charge on any atom is 0.368 e. The highest BCUT2D eigenvalue weighted by molar-refractivity contribution is 7.53. The number of hydrogen-bond acceptors (Lipinski definition) is 3. The molecule has 0 amide bonds. The van der Waals surface area contributed by atoms with Gasteiger partial charge < -0.3 is 19.6 Å². The minimum Gasteiger partial charge on any atom is -0.507 e.